The molecule has 1 amide bonds. The van der Waals surface area contributed by atoms with Gasteiger partial charge in [0.2, 0.25) is 5.91 Å². The molecule has 0 aromatic heterocycles. The van der Waals surface area contributed by atoms with E-state index in [4.69, 9.17) is 0 Å². The SMILES string of the molecule is CC(=O)N1CCC(N2CCc3cc(C=O)ccc32)CC1. The van der Waals surface area contributed by atoms with Crippen LogP contribution in [0.5, 0.6) is 0 Å². The normalized spacial score (nSPS) is 19.1. The molecular weight excluding hydrogens is 252 g/mol. The van der Waals surface area contributed by atoms with Gasteiger partial charge in [-0.2, -0.15) is 0 Å². The number of anilines is 1. The van der Waals surface area contributed by atoms with Crippen LogP contribution in [0.2, 0.25) is 0 Å². The first-order valence-electron chi connectivity index (χ1n) is 7.29. The second kappa shape index (κ2) is 5.27. The quantitative estimate of drug-likeness (QED) is 0.772. The van der Waals surface area contributed by atoms with Gasteiger partial charge in [-0.1, -0.05) is 0 Å². The number of hydrogen-bond acceptors (Lipinski definition) is 3. The highest BCUT2D eigenvalue weighted by molar-refractivity contribution is 5.77. The van der Waals surface area contributed by atoms with Crippen molar-refractivity contribution in [3.8, 4) is 0 Å². The molecule has 0 N–H and O–H groups in total. The van der Waals surface area contributed by atoms with Gasteiger partial charge in [-0.05, 0) is 43.0 Å². The van der Waals surface area contributed by atoms with E-state index >= 15 is 0 Å². The molecule has 2 heterocycles. The van der Waals surface area contributed by atoms with Crippen LogP contribution in [0.25, 0.3) is 0 Å². The number of hydrogen-bond donors (Lipinski definition) is 0. The molecular formula is C16H20N2O2. The minimum absolute atomic E-state index is 0.181. The number of carbonyl (C=O) groups excluding carboxylic acids is 2. The molecule has 0 radical (unpaired) electrons. The third kappa shape index (κ3) is 2.30. The van der Waals surface area contributed by atoms with E-state index in [2.05, 4.69) is 11.0 Å². The lowest BCUT2D eigenvalue weighted by atomic mass is 10.0. The number of rotatable bonds is 2. The van der Waals surface area contributed by atoms with Gasteiger partial charge in [0.15, 0.2) is 0 Å². The van der Waals surface area contributed by atoms with Crippen molar-refractivity contribution in [1.82, 2.24) is 4.90 Å². The third-order valence-corrected chi connectivity index (χ3v) is 4.52. The van der Waals surface area contributed by atoms with E-state index in [0.29, 0.717) is 6.04 Å². The highest BCUT2D eigenvalue weighted by Crippen LogP contribution is 2.33. The predicted molar refractivity (Wildman–Crippen MR) is 78.2 cm³/mol. The number of piperidine rings is 1. The molecule has 0 unspecified atom stereocenters. The van der Waals surface area contributed by atoms with E-state index in [9.17, 15) is 9.59 Å². The number of benzene rings is 1. The van der Waals surface area contributed by atoms with Crippen LogP contribution in [0.3, 0.4) is 0 Å². The summed E-state index contributed by atoms with van der Waals surface area (Å²) in [6, 6.07) is 6.50. The van der Waals surface area contributed by atoms with Crippen molar-refractivity contribution in [2.75, 3.05) is 24.5 Å². The number of aldehydes is 1. The summed E-state index contributed by atoms with van der Waals surface area (Å²) >= 11 is 0. The second-order valence-electron chi connectivity index (χ2n) is 5.69. The zero-order valence-corrected chi connectivity index (χ0v) is 11.8. The molecule has 1 aromatic carbocycles. The van der Waals surface area contributed by atoms with E-state index in [1.807, 2.05) is 17.0 Å². The first-order chi connectivity index (χ1) is 9.69. The average molecular weight is 272 g/mol. The minimum Gasteiger partial charge on any atom is -0.368 e. The van der Waals surface area contributed by atoms with Crippen LogP contribution in [0.1, 0.15) is 35.7 Å². The summed E-state index contributed by atoms with van der Waals surface area (Å²) in [6.07, 6.45) is 4.00. The molecule has 20 heavy (non-hydrogen) atoms. The minimum atomic E-state index is 0.181. The smallest absolute Gasteiger partial charge is 0.219 e. The van der Waals surface area contributed by atoms with Gasteiger partial charge >= 0.3 is 0 Å². The molecule has 106 valence electrons. The number of fused-ring (bicyclic) bond motifs is 1. The largest absolute Gasteiger partial charge is 0.368 e. The van der Waals surface area contributed by atoms with Crippen LogP contribution in [-0.2, 0) is 11.2 Å². The summed E-state index contributed by atoms with van der Waals surface area (Å²) in [5.41, 5.74) is 3.32. The molecule has 0 saturated carbocycles. The van der Waals surface area contributed by atoms with Gasteiger partial charge in [0.1, 0.15) is 6.29 Å². The lowest BCUT2D eigenvalue weighted by Gasteiger charge is -2.37. The standard InChI is InChI=1S/C16H20N2O2/c1-12(20)17-7-5-15(6-8-17)18-9-4-14-10-13(11-19)2-3-16(14)18/h2-3,10-11,15H,4-9H2,1H3. The van der Waals surface area contributed by atoms with E-state index in [0.717, 1.165) is 50.7 Å². The van der Waals surface area contributed by atoms with Crippen molar-refractivity contribution in [2.24, 2.45) is 0 Å². The van der Waals surface area contributed by atoms with E-state index in [1.165, 1.54) is 11.3 Å². The summed E-state index contributed by atoms with van der Waals surface area (Å²) < 4.78 is 0. The number of nitrogens with zero attached hydrogens (tertiary/aromatic N) is 2. The lowest BCUT2D eigenvalue weighted by Crippen LogP contribution is -2.45. The van der Waals surface area contributed by atoms with Crippen molar-refractivity contribution in [3.63, 3.8) is 0 Å². The fraction of sp³-hybridized carbons (Fsp3) is 0.500. The zero-order chi connectivity index (χ0) is 14.1. The second-order valence-corrected chi connectivity index (χ2v) is 5.69. The van der Waals surface area contributed by atoms with Crippen molar-refractivity contribution in [3.05, 3.63) is 29.3 Å². The van der Waals surface area contributed by atoms with Crippen LogP contribution >= 0.6 is 0 Å². The molecule has 4 heteroatoms. The van der Waals surface area contributed by atoms with Gasteiger partial charge in [0, 0.05) is 43.9 Å². The fourth-order valence-corrected chi connectivity index (χ4v) is 3.39. The van der Waals surface area contributed by atoms with Crippen LogP contribution in [0, 0.1) is 0 Å². The zero-order valence-electron chi connectivity index (χ0n) is 11.8. The highest BCUT2D eigenvalue weighted by atomic mass is 16.2. The Balaban J connectivity index is 1.72. The molecule has 0 aliphatic carbocycles. The van der Waals surface area contributed by atoms with Crippen molar-refractivity contribution in [1.29, 1.82) is 0 Å². The van der Waals surface area contributed by atoms with Crippen molar-refractivity contribution in [2.45, 2.75) is 32.2 Å². The summed E-state index contributed by atoms with van der Waals surface area (Å²) in [7, 11) is 0. The first-order valence-corrected chi connectivity index (χ1v) is 7.29. The van der Waals surface area contributed by atoms with Crippen LogP contribution < -0.4 is 4.90 Å². The number of amides is 1. The Morgan fingerprint density at radius 2 is 2.00 bits per heavy atom. The fourth-order valence-electron chi connectivity index (χ4n) is 3.39. The molecule has 2 aliphatic heterocycles. The molecule has 3 rings (SSSR count). The molecule has 2 aliphatic rings. The van der Waals surface area contributed by atoms with E-state index in [1.54, 1.807) is 6.92 Å². The molecule has 1 aromatic rings. The molecule has 0 bridgehead atoms. The maximum atomic E-state index is 11.4. The predicted octanol–water partition coefficient (Wildman–Crippen LogP) is 1.87. The van der Waals surface area contributed by atoms with Crippen molar-refractivity contribution < 1.29 is 9.59 Å². The molecule has 4 nitrogen and oxygen atoms in total. The Morgan fingerprint density at radius 1 is 1.25 bits per heavy atom. The summed E-state index contributed by atoms with van der Waals surface area (Å²) in [5.74, 6) is 0.181. The molecule has 1 fully saturated rings. The Labute approximate surface area is 119 Å². The van der Waals surface area contributed by atoms with Gasteiger partial charge in [0.05, 0.1) is 0 Å². The molecule has 0 atom stereocenters. The number of carbonyl (C=O) groups is 2. The van der Waals surface area contributed by atoms with Gasteiger partial charge in [-0.25, -0.2) is 0 Å². The summed E-state index contributed by atoms with van der Waals surface area (Å²) in [4.78, 5) is 26.6. The maximum Gasteiger partial charge on any atom is 0.219 e. The van der Waals surface area contributed by atoms with Crippen molar-refractivity contribution >= 4 is 17.9 Å². The van der Waals surface area contributed by atoms with Gasteiger partial charge < -0.3 is 9.80 Å². The Kier molecular flexibility index (Phi) is 3.47. The van der Waals surface area contributed by atoms with Gasteiger partial charge in [-0.3, -0.25) is 9.59 Å². The summed E-state index contributed by atoms with van der Waals surface area (Å²) in [6.45, 7) is 4.39. The first kappa shape index (κ1) is 13.2. The van der Waals surface area contributed by atoms with Gasteiger partial charge in [-0.15, -0.1) is 0 Å². The van der Waals surface area contributed by atoms with E-state index in [-0.39, 0.29) is 5.91 Å². The molecule has 0 spiro atoms. The third-order valence-electron chi connectivity index (χ3n) is 4.52. The maximum absolute atomic E-state index is 11.4. The van der Waals surface area contributed by atoms with E-state index < -0.39 is 0 Å². The van der Waals surface area contributed by atoms with Crippen LogP contribution in [0.4, 0.5) is 5.69 Å². The molecule has 1 saturated heterocycles. The topological polar surface area (TPSA) is 40.6 Å². The Hall–Kier alpha value is -1.84. The Morgan fingerprint density at radius 3 is 2.65 bits per heavy atom. The average Bonchev–Trinajstić information content (AvgIpc) is 2.90. The summed E-state index contributed by atoms with van der Waals surface area (Å²) in [5, 5.41) is 0. The highest BCUT2D eigenvalue weighted by Gasteiger charge is 2.29. The number of likely N-dealkylation sites (tertiary alicyclic amines) is 1. The Bertz CT molecular complexity index is 533. The van der Waals surface area contributed by atoms with Gasteiger partial charge in [0.25, 0.3) is 0 Å². The van der Waals surface area contributed by atoms with Crippen LogP contribution in [-0.4, -0.2) is 42.8 Å². The monoisotopic (exact) mass is 272 g/mol. The lowest BCUT2D eigenvalue weighted by molar-refractivity contribution is -0.129. The van der Waals surface area contributed by atoms with Crippen LogP contribution in [0.15, 0.2) is 18.2 Å².